The first-order chi connectivity index (χ1) is 12.8. The van der Waals surface area contributed by atoms with E-state index in [1.54, 1.807) is 0 Å². The molecule has 2 heterocycles. The SMILES string of the molecule is O=C(c1cc(-c2ccccc2C(F)(F)F)n[nH]1)N1CCO[C@H]([C@@H](O)CO)C1. The first-order valence-corrected chi connectivity index (χ1v) is 8.23. The van der Waals surface area contributed by atoms with E-state index in [4.69, 9.17) is 9.84 Å². The zero-order valence-electron chi connectivity index (χ0n) is 14.1. The third kappa shape index (κ3) is 4.12. The van der Waals surface area contributed by atoms with Crippen LogP contribution in [0.15, 0.2) is 30.3 Å². The van der Waals surface area contributed by atoms with Gasteiger partial charge in [-0.3, -0.25) is 9.89 Å². The number of halogens is 3. The number of alkyl halides is 3. The van der Waals surface area contributed by atoms with Gasteiger partial charge in [-0.15, -0.1) is 0 Å². The number of hydrogen-bond acceptors (Lipinski definition) is 5. The minimum absolute atomic E-state index is 0.00600. The summed E-state index contributed by atoms with van der Waals surface area (Å²) in [6.45, 7) is -0.0322. The summed E-state index contributed by atoms with van der Waals surface area (Å²) >= 11 is 0. The van der Waals surface area contributed by atoms with Crippen molar-refractivity contribution >= 4 is 5.91 Å². The van der Waals surface area contributed by atoms with Gasteiger partial charge in [0.25, 0.3) is 5.91 Å². The number of H-pyrrole nitrogens is 1. The molecule has 1 aromatic heterocycles. The van der Waals surface area contributed by atoms with Crippen molar-refractivity contribution in [2.75, 3.05) is 26.3 Å². The Morgan fingerprint density at radius 1 is 1.41 bits per heavy atom. The third-order valence-corrected chi connectivity index (χ3v) is 4.31. The van der Waals surface area contributed by atoms with Crippen LogP contribution in [0, 0.1) is 0 Å². The minimum atomic E-state index is -4.54. The fraction of sp³-hybridized carbons (Fsp3) is 0.412. The third-order valence-electron chi connectivity index (χ3n) is 4.31. The van der Waals surface area contributed by atoms with Gasteiger partial charge in [-0.25, -0.2) is 0 Å². The Labute approximate surface area is 152 Å². The second kappa shape index (κ2) is 7.67. The van der Waals surface area contributed by atoms with Crippen LogP contribution in [0.5, 0.6) is 0 Å². The van der Waals surface area contributed by atoms with Gasteiger partial charge in [0.05, 0.1) is 24.5 Å². The molecule has 1 aromatic carbocycles. The van der Waals surface area contributed by atoms with Gasteiger partial charge in [-0.2, -0.15) is 18.3 Å². The van der Waals surface area contributed by atoms with Crippen molar-refractivity contribution in [3.8, 4) is 11.3 Å². The van der Waals surface area contributed by atoms with Crippen molar-refractivity contribution in [2.24, 2.45) is 0 Å². The Hall–Kier alpha value is -2.43. The van der Waals surface area contributed by atoms with Crippen LogP contribution in [0.2, 0.25) is 0 Å². The molecule has 0 aliphatic carbocycles. The highest BCUT2D eigenvalue weighted by Gasteiger charge is 2.34. The number of hydrogen-bond donors (Lipinski definition) is 3. The predicted octanol–water partition coefficient (Wildman–Crippen LogP) is 1.29. The molecule has 10 heteroatoms. The molecule has 1 amide bonds. The first-order valence-electron chi connectivity index (χ1n) is 8.23. The highest BCUT2D eigenvalue weighted by molar-refractivity contribution is 5.93. The summed E-state index contributed by atoms with van der Waals surface area (Å²) in [6, 6.07) is 6.25. The standard InChI is InChI=1S/C17H18F3N3O4/c18-17(19,20)11-4-2-1-3-10(11)12-7-13(22-21-12)16(26)23-5-6-27-15(8-23)14(25)9-24/h1-4,7,14-15,24-25H,5-6,8-9H2,(H,21,22)/t14-,15-/m0/s1. The molecule has 2 atom stereocenters. The number of aliphatic hydroxyl groups is 2. The number of benzene rings is 1. The Bertz CT molecular complexity index is 809. The summed E-state index contributed by atoms with van der Waals surface area (Å²) in [6.07, 6.45) is -6.41. The fourth-order valence-corrected chi connectivity index (χ4v) is 2.90. The molecule has 0 spiro atoms. The second-order valence-electron chi connectivity index (χ2n) is 6.12. The molecule has 1 saturated heterocycles. The van der Waals surface area contributed by atoms with Crippen molar-refractivity contribution in [1.29, 1.82) is 0 Å². The van der Waals surface area contributed by atoms with Crippen LogP contribution >= 0.6 is 0 Å². The average Bonchev–Trinajstić information content (AvgIpc) is 3.16. The number of rotatable bonds is 4. The van der Waals surface area contributed by atoms with Crippen LogP contribution < -0.4 is 0 Å². The first kappa shape index (κ1) is 19.3. The maximum atomic E-state index is 13.2. The average molecular weight is 385 g/mol. The molecule has 0 radical (unpaired) electrons. The van der Waals surface area contributed by atoms with Crippen molar-refractivity contribution < 1.29 is 32.9 Å². The molecule has 1 aliphatic rings. The van der Waals surface area contributed by atoms with Crippen molar-refractivity contribution in [3.05, 3.63) is 41.6 Å². The van der Waals surface area contributed by atoms with E-state index in [1.165, 1.54) is 29.2 Å². The Balaban J connectivity index is 1.81. The maximum absolute atomic E-state index is 13.2. The lowest BCUT2D eigenvalue weighted by Crippen LogP contribution is -2.50. The zero-order valence-corrected chi connectivity index (χ0v) is 14.1. The van der Waals surface area contributed by atoms with E-state index in [-0.39, 0.29) is 36.6 Å². The Morgan fingerprint density at radius 2 is 2.15 bits per heavy atom. The van der Waals surface area contributed by atoms with Crippen LogP contribution in [-0.4, -0.2) is 69.7 Å². The van der Waals surface area contributed by atoms with Gasteiger partial charge in [-0.05, 0) is 12.1 Å². The van der Waals surface area contributed by atoms with Gasteiger partial charge >= 0.3 is 6.18 Å². The highest BCUT2D eigenvalue weighted by atomic mass is 19.4. The smallest absolute Gasteiger partial charge is 0.394 e. The zero-order chi connectivity index (χ0) is 19.6. The highest BCUT2D eigenvalue weighted by Crippen LogP contribution is 2.36. The number of carbonyl (C=O) groups is 1. The van der Waals surface area contributed by atoms with Gasteiger partial charge in [-0.1, -0.05) is 18.2 Å². The minimum Gasteiger partial charge on any atom is -0.394 e. The number of amides is 1. The van der Waals surface area contributed by atoms with E-state index in [0.29, 0.717) is 0 Å². The largest absolute Gasteiger partial charge is 0.417 e. The number of nitrogens with zero attached hydrogens (tertiary/aromatic N) is 2. The van der Waals surface area contributed by atoms with Crippen LogP contribution in [0.1, 0.15) is 16.1 Å². The molecular formula is C17H18F3N3O4. The lowest BCUT2D eigenvalue weighted by atomic mass is 10.0. The van der Waals surface area contributed by atoms with E-state index >= 15 is 0 Å². The lowest BCUT2D eigenvalue weighted by Gasteiger charge is -2.34. The summed E-state index contributed by atoms with van der Waals surface area (Å²) in [7, 11) is 0. The van der Waals surface area contributed by atoms with Gasteiger partial charge < -0.3 is 19.8 Å². The van der Waals surface area contributed by atoms with Crippen LogP contribution in [-0.2, 0) is 10.9 Å². The van der Waals surface area contributed by atoms with E-state index < -0.39 is 36.5 Å². The van der Waals surface area contributed by atoms with Gasteiger partial charge in [0.15, 0.2) is 0 Å². The summed E-state index contributed by atoms with van der Waals surface area (Å²) < 4.78 is 44.8. The summed E-state index contributed by atoms with van der Waals surface area (Å²) in [4.78, 5) is 14.0. The molecule has 1 aliphatic heterocycles. The van der Waals surface area contributed by atoms with Crippen molar-refractivity contribution in [1.82, 2.24) is 15.1 Å². The molecule has 0 saturated carbocycles. The molecule has 2 aromatic rings. The molecule has 146 valence electrons. The summed E-state index contributed by atoms with van der Waals surface area (Å²) in [5.41, 5.74) is -0.934. The second-order valence-corrected chi connectivity index (χ2v) is 6.12. The van der Waals surface area contributed by atoms with Crippen LogP contribution in [0.3, 0.4) is 0 Å². The number of aromatic amines is 1. The molecule has 27 heavy (non-hydrogen) atoms. The number of carbonyl (C=O) groups excluding carboxylic acids is 1. The van der Waals surface area contributed by atoms with Crippen LogP contribution in [0.4, 0.5) is 13.2 Å². The monoisotopic (exact) mass is 385 g/mol. The molecule has 7 nitrogen and oxygen atoms in total. The van der Waals surface area contributed by atoms with Gasteiger partial charge in [0, 0.05) is 18.7 Å². The Kier molecular flexibility index (Phi) is 5.49. The molecule has 3 N–H and O–H groups in total. The van der Waals surface area contributed by atoms with Gasteiger partial charge in [0.2, 0.25) is 0 Å². The quantitative estimate of drug-likeness (QED) is 0.737. The molecule has 0 bridgehead atoms. The fourth-order valence-electron chi connectivity index (χ4n) is 2.90. The molecular weight excluding hydrogens is 367 g/mol. The maximum Gasteiger partial charge on any atom is 0.417 e. The van der Waals surface area contributed by atoms with Gasteiger partial charge in [0.1, 0.15) is 17.9 Å². The van der Waals surface area contributed by atoms with Crippen LogP contribution in [0.25, 0.3) is 11.3 Å². The normalized spacial score (nSPS) is 19.1. The predicted molar refractivity (Wildman–Crippen MR) is 87.8 cm³/mol. The summed E-state index contributed by atoms with van der Waals surface area (Å²) in [5.74, 6) is -0.475. The summed E-state index contributed by atoms with van der Waals surface area (Å²) in [5, 5.41) is 25.0. The lowest BCUT2D eigenvalue weighted by molar-refractivity contribution is -0.137. The number of morpholine rings is 1. The van der Waals surface area contributed by atoms with Crippen molar-refractivity contribution in [2.45, 2.75) is 18.4 Å². The van der Waals surface area contributed by atoms with E-state index in [2.05, 4.69) is 10.2 Å². The number of ether oxygens (including phenoxy) is 1. The van der Waals surface area contributed by atoms with E-state index in [1.807, 2.05) is 0 Å². The number of aliphatic hydroxyl groups excluding tert-OH is 2. The molecule has 3 rings (SSSR count). The Morgan fingerprint density at radius 3 is 2.85 bits per heavy atom. The number of aromatic nitrogens is 2. The van der Waals surface area contributed by atoms with E-state index in [9.17, 15) is 23.1 Å². The van der Waals surface area contributed by atoms with E-state index in [0.717, 1.165) is 6.07 Å². The van der Waals surface area contributed by atoms with Crippen molar-refractivity contribution in [3.63, 3.8) is 0 Å². The molecule has 1 fully saturated rings. The molecule has 0 unspecified atom stereocenters. The number of nitrogens with one attached hydrogen (secondary N) is 1. The topological polar surface area (TPSA) is 98.7 Å².